The number of hydrogen-bond acceptors (Lipinski definition) is 4. The molecule has 15 heavy (non-hydrogen) atoms. The normalized spacial score (nSPS) is 13.1. The highest BCUT2D eigenvalue weighted by Gasteiger charge is 2.21. The Morgan fingerprint density at radius 3 is 2.27 bits per heavy atom. The minimum absolute atomic E-state index is 0.272. The molecular weight excluding hydrogens is 198 g/mol. The van der Waals surface area contributed by atoms with Gasteiger partial charge in [0, 0.05) is 6.54 Å². The minimum atomic E-state index is -0.759. The quantitative estimate of drug-likeness (QED) is 0.596. The summed E-state index contributed by atoms with van der Waals surface area (Å²) in [5.74, 6) is -0.602. The van der Waals surface area contributed by atoms with Crippen LogP contribution in [-0.2, 0) is 9.53 Å². The molecule has 6 nitrogen and oxygen atoms in total. The van der Waals surface area contributed by atoms with Gasteiger partial charge in [-0.2, -0.15) is 0 Å². The molecule has 6 heteroatoms. The van der Waals surface area contributed by atoms with E-state index in [1.165, 1.54) is 0 Å². The highest BCUT2D eigenvalue weighted by molar-refractivity contribution is 5.84. The number of primary amides is 1. The summed E-state index contributed by atoms with van der Waals surface area (Å²) < 4.78 is 4.98. The molecule has 0 aromatic rings. The smallest absolute Gasteiger partial charge is 0.408 e. The molecule has 0 aliphatic rings. The lowest BCUT2D eigenvalue weighted by Crippen LogP contribution is -2.50. The van der Waals surface area contributed by atoms with Gasteiger partial charge in [0.15, 0.2) is 0 Å². The molecule has 0 rings (SSSR count). The van der Waals surface area contributed by atoms with Crippen molar-refractivity contribution in [3.63, 3.8) is 0 Å². The van der Waals surface area contributed by atoms with E-state index in [1.807, 2.05) is 0 Å². The number of carbonyl (C=O) groups is 2. The van der Waals surface area contributed by atoms with Crippen LogP contribution in [0.3, 0.4) is 0 Å². The molecule has 0 aromatic carbocycles. The summed E-state index contributed by atoms with van der Waals surface area (Å²) in [4.78, 5) is 22.2. The summed E-state index contributed by atoms with van der Waals surface area (Å²) in [6, 6.07) is -0.759. The van der Waals surface area contributed by atoms with Gasteiger partial charge < -0.3 is 21.1 Å². The second-order valence-corrected chi connectivity index (χ2v) is 4.16. The molecule has 2 amide bonds. The summed E-state index contributed by atoms with van der Waals surface area (Å²) in [5, 5.41) is 5.12. The van der Waals surface area contributed by atoms with Crippen molar-refractivity contribution in [2.75, 3.05) is 13.6 Å². The van der Waals surface area contributed by atoms with E-state index in [4.69, 9.17) is 10.5 Å². The SMILES string of the molecule is CNCC(NC(=O)OC(C)(C)C)C(N)=O. The number of rotatable bonds is 4. The molecule has 4 N–H and O–H groups in total. The Kier molecular flexibility index (Phi) is 5.07. The van der Waals surface area contributed by atoms with Crippen molar-refractivity contribution in [3.05, 3.63) is 0 Å². The number of amides is 2. The van der Waals surface area contributed by atoms with Gasteiger partial charge in [-0.15, -0.1) is 0 Å². The molecule has 0 bridgehead atoms. The predicted molar refractivity (Wildman–Crippen MR) is 56.3 cm³/mol. The van der Waals surface area contributed by atoms with Crippen LogP contribution in [0, 0.1) is 0 Å². The van der Waals surface area contributed by atoms with Crippen molar-refractivity contribution in [2.24, 2.45) is 5.73 Å². The Morgan fingerprint density at radius 2 is 1.93 bits per heavy atom. The lowest BCUT2D eigenvalue weighted by atomic mass is 10.2. The fourth-order valence-electron chi connectivity index (χ4n) is 0.877. The summed E-state index contributed by atoms with van der Waals surface area (Å²) in [6.45, 7) is 5.49. The first kappa shape index (κ1) is 13.7. The second-order valence-electron chi connectivity index (χ2n) is 4.16. The minimum Gasteiger partial charge on any atom is -0.444 e. The lowest BCUT2D eigenvalue weighted by molar-refractivity contribution is -0.119. The maximum atomic E-state index is 11.3. The summed E-state index contributed by atoms with van der Waals surface area (Å²) >= 11 is 0. The largest absolute Gasteiger partial charge is 0.444 e. The molecule has 0 aliphatic heterocycles. The lowest BCUT2D eigenvalue weighted by Gasteiger charge is -2.22. The van der Waals surface area contributed by atoms with E-state index in [0.717, 1.165) is 0 Å². The van der Waals surface area contributed by atoms with E-state index in [9.17, 15) is 9.59 Å². The van der Waals surface area contributed by atoms with Crippen molar-refractivity contribution >= 4 is 12.0 Å². The third kappa shape index (κ3) is 6.73. The third-order valence-electron chi connectivity index (χ3n) is 1.44. The predicted octanol–water partition coefficient (Wildman–Crippen LogP) is -0.416. The van der Waals surface area contributed by atoms with Crippen molar-refractivity contribution in [2.45, 2.75) is 32.4 Å². The van der Waals surface area contributed by atoms with Crippen LogP contribution in [0.15, 0.2) is 0 Å². The molecule has 88 valence electrons. The van der Waals surface area contributed by atoms with E-state index in [0.29, 0.717) is 0 Å². The van der Waals surface area contributed by atoms with Crippen LogP contribution in [0.1, 0.15) is 20.8 Å². The van der Waals surface area contributed by atoms with Gasteiger partial charge in [0.05, 0.1) is 0 Å². The first-order chi connectivity index (χ1) is 6.76. The molecule has 1 atom stereocenters. The van der Waals surface area contributed by atoms with Crippen LogP contribution in [0.25, 0.3) is 0 Å². The topological polar surface area (TPSA) is 93.4 Å². The summed E-state index contributed by atoms with van der Waals surface area (Å²) in [7, 11) is 1.66. The van der Waals surface area contributed by atoms with Gasteiger partial charge in [0.2, 0.25) is 5.91 Å². The van der Waals surface area contributed by atoms with Gasteiger partial charge in [0.1, 0.15) is 11.6 Å². The Morgan fingerprint density at radius 1 is 1.40 bits per heavy atom. The maximum absolute atomic E-state index is 11.3. The Balaban J connectivity index is 4.18. The van der Waals surface area contributed by atoms with Crippen LogP contribution in [0.4, 0.5) is 4.79 Å². The molecular formula is C9H19N3O3. The van der Waals surface area contributed by atoms with Crippen molar-refractivity contribution in [1.82, 2.24) is 10.6 Å². The molecule has 0 radical (unpaired) electrons. The highest BCUT2D eigenvalue weighted by atomic mass is 16.6. The molecule has 0 aromatic heterocycles. The molecule has 1 unspecified atom stereocenters. The average molecular weight is 217 g/mol. The Labute approximate surface area is 89.5 Å². The number of likely N-dealkylation sites (N-methyl/N-ethyl adjacent to an activating group) is 1. The zero-order chi connectivity index (χ0) is 12.1. The van der Waals surface area contributed by atoms with Crippen LogP contribution in [-0.4, -0.2) is 37.2 Å². The van der Waals surface area contributed by atoms with Crippen molar-refractivity contribution < 1.29 is 14.3 Å². The van der Waals surface area contributed by atoms with Gasteiger partial charge in [-0.05, 0) is 27.8 Å². The second kappa shape index (κ2) is 5.55. The maximum Gasteiger partial charge on any atom is 0.408 e. The molecule has 0 aliphatic carbocycles. The monoisotopic (exact) mass is 217 g/mol. The molecule has 0 fully saturated rings. The number of nitrogens with two attached hydrogens (primary N) is 1. The highest BCUT2D eigenvalue weighted by Crippen LogP contribution is 2.06. The number of alkyl carbamates (subject to hydrolysis) is 1. The van der Waals surface area contributed by atoms with E-state index in [2.05, 4.69) is 10.6 Å². The van der Waals surface area contributed by atoms with Crippen molar-refractivity contribution in [1.29, 1.82) is 0 Å². The first-order valence-electron chi connectivity index (χ1n) is 4.69. The fraction of sp³-hybridized carbons (Fsp3) is 0.778. The Bertz CT molecular complexity index is 235. The fourth-order valence-corrected chi connectivity index (χ4v) is 0.877. The van der Waals surface area contributed by atoms with Gasteiger partial charge in [-0.3, -0.25) is 4.79 Å². The summed E-state index contributed by atoms with van der Waals surface area (Å²) in [5.41, 5.74) is 4.49. The van der Waals surface area contributed by atoms with E-state index >= 15 is 0 Å². The van der Waals surface area contributed by atoms with Gasteiger partial charge >= 0.3 is 6.09 Å². The van der Waals surface area contributed by atoms with E-state index in [-0.39, 0.29) is 6.54 Å². The zero-order valence-electron chi connectivity index (χ0n) is 9.59. The van der Waals surface area contributed by atoms with Gasteiger partial charge in [-0.25, -0.2) is 4.79 Å². The van der Waals surface area contributed by atoms with Crippen molar-refractivity contribution in [3.8, 4) is 0 Å². The van der Waals surface area contributed by atoms with Crippen LogP contribution in [0.2, 0.25) is 0 Å². The van der Waals surface area contributed by atoms with E-state index < -0.39 is 23.6 Å². The zero-order valence-corrected chi connectivity index (χ0v) is 9.59. The molecule has 0 spiro atoms. The standard InChI is InChI=1S/C9H19N3O3/c1-9(2,3)15-8(14)12-6(5-11-4)7(10)13/h6,11H,5H2,1-4H3,(H2,10,13)(H,12,14). The number of ether oxygens (including phenoxy) is 1. The number of nitrogens with one attached hydrogen (secondary N) is 2. The molecule has 0 heterocycles. The van der Waals surface area contributed by atoms with Gasteiger partial charge in [-0.1, -0.05) is 0 Å². The average Bonchev–Trinajstić information content (AvgIpc) is 1.99. The van der Waals surface area contributed by atoms with Crippen LogP contribution in [0.5, 0.6) is 0 Å². The van der Waals surface area contributed by atoms with E-state index in [1.54, 1.807) is 27.8 Å². The van der Waals surface area contributed by atoms with Crippen LogP contribution < -0.4 is 16.4 Å². The number of carbonyl (C=O) groups excluding carboxylic acids is 2. The Hall–Kier alpha value is -1.30. The van der Waals surface area contributed by atoms with Crippen LogP contribution >= 0.6 is 0 Å². The van der Waals surface area contributed by atoms with Gasteiger partial charge in [0.25, 0.3) is 0 Å². The third-order valence-corrected chi connectivity index (χ3v) is 1.44. The number of hydrogen-bond donors (Lipinski definition) is 3. The summed E-state index contributed by atoms with van der Waals surface area (Å²) in [6.07, 6.45) is -0.651. The first-order valence-corrected chi connectivity index (χ1v) is 4.69. The molecule has 0 saturated carbocycles. The molecule has 0 saturated heterocycles.